The standard InChI is InChI=1S/C4H4O2S/c5-3-1-2-7-4(3)6/h1,5H,2H2. The number of carbonyl (C=O) groups is 1. The van der Waals surface area contributed by atoms with Gasteiger partial charge in [-0.2, -0.15) is 0 Å². The lowest BCUT2D eigenvalue weighted by molar-refractivity contribution is -0.109. The van der Waals surface area contributed by atoms with Gasteiger partial charge in [0.1, 0.15) is 0 Å². The van der Waals surface area contributed by atoms with Crippen LogP contribution >= 0.6 is 11.8 Å². The fourth-order valence-corrected chi connectivity index (χ4v) is 0.977. The van der Waals surface area contributed by atoms with E-state index in [4.69, 9.17) is 5.11 Å². The fourth-order valence-electron chi connectivity index (χ4n) is 0.354. The molecular formula is C4H4O2S. The lowest BCUT2D eigenvalue weighted by Gasteiger charge is -1.80. The van der Waals surface area contributed by atoms with Crippen LogP contribution in [-0.2, 0) is 4.79 Å². The quantitative estimate of drug-likeness (QED) is 0.506. The molecule has 1 heterocycles. The van der Waals surface area contributed by atoms with Crippen molar-refractivity contribution in [3.63, 3.8) is 0 Å². The number of aliphatic hydroxyl groups is 1. The summed E-state index contributed by atoms with van der Waals surface area (Å²) in [7, 11) is 0. The zero-order valence-electron chi connectivity index (χ0n) is 3.55. The van der Waals surface area contributed by atoms with E-state index in [1.807, 2.05) is 0 Å². The minimum absolute atomic E-state index is 0.0926. The molecule has 0 bridgehead atoms. The summed E-state index contributed by atoms with van der Waals surface area (Å²) in [6.07, 6.45) is 1.51. The molecule has 38 valence electrons. The number of hydrogen-bond acceptors (Lipinski definition) is 3. The average molecular weight is 116 g/mol. The van der Waals surface area contributed by atoms with E-state index in [2.05, 4.69) is 0 Å². The first-order chi connectivity index (χ1) is 3.30. The molecule has 0 unspecified atom stereocenters. The number of carbonyl (C=O) groups excluding carboxylic acids is 1. The maximum atomic E-state index is 10.2. The highest BCUT2D eigenvalue weighted by atomic mass is 32.2. The van der Waals surface area contributed by atoms with Gasteiger partial charge in [0, 0.05) is 5.75 Å². The molecule has 0 radical (unpaired) electrons. The summed E-state index contributed by atoms with van der Waals surface area (Å²) in [6.45, 7) is 0. The molecule has 1 N–H and O–H groups in total. The van der Waals surface area contributed by atoms with Gasteiger partial charge in [0.25, 0.3) is 5.12 Å². The zero-order valence-corrected chi connectivity index (χ0v) is 4.36. The molecule has 1 rings (SSSR count). The van der Waals surface area contributed by atoms with Gasteiger partial charge in [0.15, 0.2) is 5.76 Å². The first-order valence-corrected chi connectivity index (χ1v) is 2.85. The minimum Gasteiger partial charge on any atom is -0.504 e. The van der Waals surface area contributed by atoms with Gasteiger partial charge in [-0.15, -0.1) is 0 Å². The van der Waals surface area contributed by atoms with E-state index in [-0.39, 0.29) is 10.9 Å². The predicted octanol–water partition coefficient (Wildman–Crippen LogP) is 0.702. The highest BCUT2D eigenvalue weighted by molar-refractivity contribution is 8.14. The van der Waals surface area contributed by atoms with Gasteiger partial charge in [-0.1, -0.05) is 11.8 Å². The highest BCUT2D eigenvalue weighted by Crippen LogP contribution is 2.15. The van der Waals surface area contributed by atoms with E-state index in [0.717, 1.165) is 11.8 Å². The van der Waals surface area contributed by atoms with Crippen LogP contribution in [-0.4, -0.2) is 16.0 Å². The Hall–Kier alpha value is -0.440. The fraction of sp³-hybridized carbons (Fsp3) is 0.250. The third-order valence-corrected chi connectivity index (χ3v) is 1.50. The van der Waals surface area contributed by atoms with Crippen molar-refractivity contribution in [1.29, 1.82) is 0 Å². The monoisotopic (exact) mass is 116 g/mol. The summed E-state index contributed by atoms with van der Waals surface area (Å²) in [6, 6.07) is 0. The molecule has 2 nitrogen and oxygen atoms in total. The molecule has 0 saturated carbocycles. The second kappa shape index (κ2) is 1.58. The molecule has 0 fully saturated rings. The molecule has 0 spiro atoms. The van der Waals surface area contributed by atoms with Gasteiger partial charge in [-0.05, 0) is 6.08 Å². The van der Waals surface area contributed by atoms with E-state index in [1.54, 1.807) is 0 Å². The van der Waals surface area contributed by atoms with Crippen LogP contribution < -0.4 is 0 Å². The molecule has 0 aliphatic carbocycles. The zero-order chi connectivity index (χ0) is 5.28. The Morgan fingerprint density at radius 2 is 2.57 bits per heavy atom. The predicted molar refractivity (Wildman–Crippen MR) is 28.2 cm³/mol. The maximum Gasteiger partial charge on any atom is 0.253 e. The van der Waals surface area contributed by atoms with E-state index >= 15 is 0 Å². The van der Waals surface area contributed by atoms with Crippen LogP contribution in [0.1, 0.15) is 0 Å². The molecule has 0 amide bonds. The first-order valence-electron chi connectivity index (χ1n) is 1.87. The van der Waals surface area contributed by atoms with Gasteiger partial charge in [-0.25, -0.2) is 0 Å². The van der Waals surface area contributed by atoms with Gasteiger partial charge < -0.3 is 5.11 Å². The number of hydrogen-bond donors (Lipinski definition) is 1. The molecule has 1 aliphatic rings. The summed E-state index contributed by atoms with van der Waals surface area (Å²) < 4.78 is 0. The number of thioether (sulfide) groups is 1. The van der Waals surface area contributed by atoms with Crippen molar-refractivity contribution in [2.24, 2.45) is 0 Å². The van der Waals surface area contributed by atoms with Crippen LogP contribution in [0.4, 0.5) is 0 Å². The highest BCUT2D eigenvalue weighted by Gasteiger charge is 2.12. The third-order valence-electron chi connectivity index (χ3n) is 0.700. The van der Waals surface area contributed by atoms with E-state index in [1.165, 1.54) is 6.08 Å². The van der Waals surface area contributed by atoms with E-state index < -0.39 is 0 Å². The Morgan fingerprint density at radius 3 is 2.71 bits per heavy atom. The summed E-state index contributed by atoms with van der Waals surface area (Å²) >= 11 is 1.12. The van der Waals surface area contributed by atoms with Crippen molar-refractivity contribution in [2.45, 2.75) is 0 Å². The Kier molecular flexibility index (Phi) is 1.06. The summed E-state index contributed by atoms with van der Waals surface area (Å²) in [5.41, 5.74) is 0. The van der Waals surface area contributed by atoms with Crippen molar-refractivity contribution in [2.75, 3.05) is 5.75 Å². The summed E-state index contributed by atoms with van der Waals surface area (Å²) in [5.74, 6) is 0.537. The molecule has 3 heteroatoms. The average Bonchev–Trinajstić information content (AvgIpc) is 1.91. The van der Waals surface area contributed by atoms with Crippen molar-refractivity contribution in [1.82, 2.24) is 0 Å². The molecule has 0 saturated heterocycles. The van der Waals surface area contributed by atoms with Crippen LogP contribution in [0.3, 0.4) is 0 Å². The van der Waals surface area contributed by atoms with Gasteiger partial charge in [0.05, 0.1) is 0 Å². The smallest absolute Gasteiger partial charge is 0.253 e. The van der Waals surface area contributed by atoms with Crippen molar-refractivity contribution in [3.8, 4) is 0 Å². The van der Waals surface area contributed by atoms with Gasteiger partial charge in [-0.3, -0.25) is 4.79 Å². The lowest BCUT2D eigenvalue weighted by atomic mass is 10.5. The second-order valence-electron chi connectivity index (χ2n) is 1.19. The summed E-state index contributed by atoms with van der Waals surface area (Å²) in [4.78, 5) is 10.2. The van der Waals surface area contributed by atoms with Gasteiger partial charge >= 0.3 is 0 Å². The van der Waals surface area contributed by atoms with Gasteiger partial charge in [0.2, 0.25) is 0 Å². The van der Waals surface area contributed by atoms with Crippen molar-refractivity contribution >= 4 is 16.9 Å². The molecule has 7 heavy (non-hydrogen) atoms. The minimum atomic E-state index is -0.208. The number of rotatable bonds is 0. The van der Waals surface area contributed by atoms with Crippen molar-refractivity contribution in [3.05, 3.63) is 11.8 Å². The summed E-state index contributed by atoms with van der Waals surface area (Å²) in [5, 5.41) is 8.28. The Labute approximate surface area is 45.2 Å². The second-order valence-corrected chi connectivity index (χ2v) is 2.18. The molecule has 1 aliphatic heterocycles. The molecule has 0 aromatic carbocycles. The van der Waals surface area contributed by atoms with Crippen LogP contribution in [0.25, 0.3) is 0 Å². The lowest BCUT2D eigenvalue weighted by Crippen LogP contribution is -1.86. The maximum absolute atomic E-state index is 10.2. The molecular weight excluding hydrogens is 112 g/mol. The normalized spacial score (nSPS) is 20.0. The van der Waals surface area contributed by atoms with Crippen LogP contribution in [0.5, 0.6) is 0 Å². The first kappa shape index (κ1) is 4.71. The largest absolute Gasteiger partial charge is 0.504 e. The van der Waals surface area contributed by atoms with E-state index in [9.17, 15) is 4.79 Å². The van der Waals surface area contributed by atoms with Crippen LogP contribution in [0.2, 0.25) is 0 Å². The van der Waals surface area contributed by atoms with Crippen molar-refractivity contribution < 1.29 is 9.90 Å². The SMILES string of the molecule is O=C1SCC=C1O. The Morgan fingerprint density at radius 1 is 1.86 bits per heavy atom. The molecule has 0 aromatic rings. The third kappa shape index (κ3) is 0.771. The number of aliphatic hydroxyl groups excluding tert-OH is 1. The van der Waals surface area contributed by atoms with Crippen LogP contribution in [0, 0.1) is 0 Å². The Bertz CT molecular complexity index is 128. The molecule has 0 aromatic heterocycles. The Balaban J connectivity index is 2.72. The topological polar surface area (TPSA) is 37.3 Å². The van der Waals surface area contributed by atoms with E-state index in [0.29, 0.717) is 5.75 Å². The van der Waals surface area contributed by atoms with Crippen LogP contribution in [0.15, 0.2) is 11.8 Å². The molecule has 0 atom stereocenters.